The molecule has 0 N–H and O–H groups in total. The summed E-state index contributed by atoms with van der Waals surface area (Å²) in [5.41, 5.74) is 6.42. The summed E-state index contributed by atoms with van der Waals surface area (Å²) in [6.07, 6.45) is 2.76. The summed E-state index contributed by atoms with van der Waals surface area (Å²) in [6, 6.07) is 8.28. The van der Waals surface area contributed by atoms with E-state index in [0.29, 0.717) is 5.75 Å². The first kappa shape index (κ1) is 19.4. The zero-order chi connectivity index (χ0) is 19.6. The SMILES string of the molecule is CCCn1c(C)cc(C(=O)CSc2nncn2-c2ccc(C)cc2C)c1C. The van der Waals surface area contributed by atoms with E-state index < -0.39 is 0 Å². The van der Waals surface area contributed by atoms with Crippen LogP contribution in [0.2, 0.25) is 0 Å². The molecule has 3 aromatic rings. The summed E-state index contributed by atoms with van der Waals surface area (Å²) in [6.45, 7) is 11.3. The van der Waals surface area contributed by atoms with Crippen LogP contribution in [0.1, 0.15) is 46.2 Å². The number of hydrogen-bond acceptors (Lipinski definition) is 4. The highest BCUT2D eigenvalue weighted by molar-refractivity contribution is 7.99. The lowest BCUT2D eigenvalue weighted by Gasteiger charge is -2.10. The van der Waals surface area contributed by atoms with Crippen LogP contribution in [0.5, 0.6) is 0 Å². The largest absolute Gasteiger partial charge is 0.348 e. The molecule has 1 aromatic carbocycles. The van der Waals surface area contributed by atoms with E-state index in [1.165, 1.54) is 17.3 Å². The molecule has 0 spiro atoms. The van der Waals surface area contributed by atoms with Crippen LogP contribution in [0.25, 0.3) is 5.69 Å². The number of aromatic nitrogens is 4. The van der Waals surface area contributed by atoms with Crippen LogP contribution in [-0.4, -0.2) is 30.9 Å². The molecule has 2 aromatic heterocycles. The molecule has 2 heterocycles. The van der Waals surface area contributed by atoms with Crippen molar-refractivity contribution in [1.82, 2.24) is 19.3 Å². The van der Waals surface area contributed by atoms with Crippen LogP contribution in [0.15, 0.2) is 35.7 Å². The molecule has 3 rings (SSSR count). The van der Waals surface area contributed by atoms with E-state index in [0.717, 1.165) is 46.3 Å². The van der Waals surface area contributed by atoms with Crippen molar-refractivity contribution in [1.29, 1.82) is 0 Å². The second-order valence-corrected chi connectivity index (χ2v) is 7.86. The molecule has 0 amide bonds. The van der Waals surface area contributed by atoms with Gasteiger partial charge in [-0.2, -0.15) is 0 Å². The van der Waals surface area contributed by atoms with Crippen molar-refractivity contribution in [2.24, 2.45) is 0 Å². The minimum absolute atomic E-state index is 0.130. The molecule has 5 nitrogen and oxygen atoms in total. The number of carbonyl (C=O) groups is 1. The predicted molar refractivity (Wildman–Crippen MR) is 110 cm³/mol. The summed E-state index contributed by atoms with van der Waals surface area (Å²) in [4.78, 5) is 12.8. The number of benzene rings is 1. The van der Waals surface area contributed by atoms with Gasteiger partial charge in [0.15, 0.2) is 10.9 Å². The Morgan fingerprint density at radius 2 is 1.93 bits per heavy atom. The molecule has 0 fully saturated rings. The van der Waals surface area contributed by atoms with E-state index >= 15 is 0 Å². The highest BCUT2D eigenvalue weighted by atomic mass is 32.2. The van der Waals surface area contributed by atoms with Crippen molar-refractivity contribution in [3.63, 3.8) is 0 Å². The van der Waals surface area contributed by atoms with E-state index in [-0.39, 0.29) is 5.78 Å². The molecule has 0 atom stereocenters. The number of carbonyl (C=O) groups excluding carboxylic acids is 1. The van der Waals surface area contributed by atoms with Crippen molar-refractivity contribution in [3.05, 3.63) is 58.7 Å². The number of Topliss-reactive ketones (excluding diaryl/α,β-unsaturated/α-hetero) is 1. The zero-order valence-corrected chi connectivity index (χ0v) is 17.4. The fourth-order valence-electron chi connectivity index (χ4n) is 3.42. The van der Waals surface area contributed by atoms with Crippen LogP contribution >= 0.6 is 11.8 Å². The minimum atomic E-state index is 0.130. The lowest BCUT2D eigenvalue weighted by Crippen LogP contribution is -2.07. The molecular weight excluding hydrogens is 356 g/mol. The molecule has 0 aliphatic rings. The Kier molecular flexibility index (Phi) is 5.85. The second kappa shape index (κ2) is 8.13. The van der Waals surface area contributed by atoms with Gasteiger partial charge in [0, 0.05) is 23.5 Å². The Hall–Kier alpha value is -2.34. The number of rotatable bonds is 7. The maximum atomic E-state index is 12.8. The molecule has 0 radical (unpaired) electrons. The highest BCUT2D eigenvalue weighted by Crippen LogP contribution is 2.24. The van der Waals surface area contributed by atoms with Crippen LogP contribution in [-0.2, 0) is 6.54 Å². The molecular formula is C21H26N4OS. The Morgan fingerprint density at radius 3 is 2.63 bits per heavy atom. The molecule has 0 unspecified atom stereocenters. The maximum absolute atomic E-state index is 12.8. The van der Waals surface area contributed by atoms with Crippen LogP contribution in [0.3, 0.4) is 0 Å². The van der Waals surface area contributed by atoms with E-state index in [2.05, 4.69) is 60.7 Å². The maximum Gasteiger partial charge on any atom is 0.196 e. The molecule has 0 aliphatic heterocycles. The van der Waals surface area contributed by atoms with Gasteiger partial charge in [-0.1, -0.05) is 36.4 Å². The third-order valence-electron chi connectivity index (χ3n) is 4.78. The first-order valence-electron chi connectivity index (χ1n) is 9.22. The lowest BCUT2D eigenvalue weighted by atomic mass is 10.1. The molecule has 0 aliphatic carbocycles. The number of nitrogens with zero attached hydrogens (tertiary/aromatic N) is 4. The smallest absolute Gasteiger partial charge is 0.196 e. The molecule has 0 saturated heterocycles. The average molecular weight is 383 g/mol. The third kappa shape index (κ3) is 4.00. The number of ketones is 1. The van der Waals surface area contributed by atoms with Crippen molar-refractivity contribution in [3.8, 4) is 5.69 Å². The van der Waals surface area contributed by atoms with Crippen molar-refractivity contribution in [2.45, 2.75) is 52.7 Å². The average Bonchev–Trinajstić information content (AvgIpc) is 3.19. The number of thioether (sulfide) groups is 1. The summed E-state index contributed by atoms with van der Waals surface area (Å²) in [5.74, 6) is 0.477. The first-order valence-corrected chi connectivity index (χ1v) is 10.2. The second-order valence-electron chi connectivity index (χ2n) is 6.92. The van der Waals surface area contributed by atoms with Gasteiger partial charge in [0.1, 0.15) is 6.33 Å². The van der Waals surface area contributed by atoms with Gasteiger partial charge in [0.25, 0.3) is 0 Å². The molecule has 142 valence electrons. The summed E-state index contributed by atoms with van der Waals surface area (Å²) >= 11 is 1.43. The van der Waals surface area contributed by atoms with Gasteiger partial charge >= 0.3 is 0 Å². The lowest BCUT2D eigenvalue weighted by molar-refractivity contribution is 0.102. The van der Waals surface area contributed by atoms with Crippen LogP contribution in [0, 0.1) is 27.7 Å². The first-order chi connectivity index (χ1) is 12.9. The Balaban J connectivity index is 1.78. The van der Waals surface area contributed by atoms with Gasteiger partial charge in [0.2, 0.25) is 0 Å². The van der Waals surface area contributed by atoms with Crippen molar-refractivity contribution < 1.29 is 4.79 Å². The van der Waals surface area contributed by atoms with Gasteiger partial charge in [-0.3, -0.25) is 9.36 Å². The van der Waals surface area contributed by atoms with E-state index in [1.807, 2.05) is 17.6 Å². The van der Waals surface area contributed by atoms with E-state index in [9.17, 15) is 4.79 Å². The van der Waals surface area contributed by atoms with E-state index in [1.54, 1.807) is 6.33 Å². The Morgan fingerprint density at radius 1 is 1.15 bits per heavy atom. The molecule has 0 bridgehead atoms. The number of aryl methyl sites for hydroxylation is 3. The topological polar surface area (TPSA) is 52.7 Å². The van der Waals surface area contributed by atoms with Gasteiger partial charge < -0.3 is 4.57 Å². The fraction of sp³-hybridized carbons (Fsp3) is 0.381. The summed E-state index contributed by atoms with van der Waals surface area (Å²) in [5, 5.41) is 9.00. The quantitative estimate of drug-likeness (QED) is 0.439. The molecule has 27 heavy (non-hydrogen) atoms. The zero-order valence-electron chi connectivity index (χ0n) is 16.6. The minimum Gasteiger partial charge on any atom is -0.348 e. The summed E-state index contributed by atoms with van der Waals surface area (Å²) in [7, 11) is 0. The Bertz CT molecular complexity index is 971. The molecule has 6 heteroatoms. The van der Waals surface area contributed by atoms with Crippen molar-refractivity contribution in [2.75, 3.05) is 5.75 Å². The fourth-order valence-corrected chi connectivity index (χ4v) is 4.23. The van der Waals surface area contributed by atoms with Gasteiger partial charge in [-0.15, -0.1) is 10.2 Å². The standard InChI is InChI=1S/C21H26N4OS/c1-6-9-24-16(4)11-18(17(24)5)20(26)12-27-21-23-22-13-25(21)19-8-7-14(2)10-15(19)3/h7-8,10-11,13H,6,9,12H2,1-5H3. The molecule has 0 saturated carbocycles. The number of hydrogen-bond donors (Lipinski definition) is 0. The highest BCUT2D eigenvalue weighted by Gasteiger charge is 2.17. The Labute approximate surface area is 164 Å². The van der Waals surface area contributed by atoms with Crippen LogP contribution in [0.4, 0.5) is 0 Å². The van der Waals surface area contributed by atoms with Gasteiger partial charge in [0.05, 0.1) is 11.4 Å². The monoisotopic (exact) mass is 382 g/mol. The normalized spacial score (nSPS) is 11.1. The van der Waals surface area contributed by atoms with Gasteiger partial charge in [-0.25, -0.2) is 0 Å². The van der Waals surface area contributed by atoms with Crippen molar-refractivity contribution >= 4 is 17.5 Å². The van der Waals surface area contributed by atoms with E-state index in [4.69, 9.17) is 0 Å². The third-order valence-corrected chi connectivity index (χ3v) is 5.73. The van der Waals surface area contributed by atoms with Gasteiger partial charge in [-0.05, 0) is 51.8 Å². The van der Waals surface area contributed by atoms with Crippen LogP contribution < -0.4 is 0 Å². The predicted octanol–water partition coefficient (Wildman–Crippen LogP) is 4.69. The summed E-state index contributed by atoms with van der Waals surface area (Å²) < 4.78 is 4.17.